The summed E-state index contributed by atoms with van der Waals surface area (Å²) >= 11 is 6.13. The zero-order valence-corrected chi connectivity index (χ0v) is 18.5. The zero-order chi connectivity index (χ0) is 21.5. The van der Waals surface area contributed by atoms with Gasteiger partial charge in [0.15, 0.2) is 0 Å². The maximum Gasteiger partial charge on any atom is 0.137 e. The molecule has 0 amide bonds. The molecule has 2 aliphatic carbocycles. The summed E-state index contributed by atoms with van der Waals surface area (Å²) in [4.78, 5) is 13.4. The lowest BCUT2D eigenvalue weighted by molar-refractivity contribution is 0.839. The number of benzene rings is 1. The zero-order valence-electron chi connectivity index (χ0n) is 17.7. The van der Waals surface area contributed by atoms with Crippen molar-refractivity contribution in [2.24, 2.45) is 5.92 Å². The van der Waals surface area contributed by atoms with Gasteiger partial charge in [0, 0.05) is 30.0 Å². The molecule has 0 saturated heterocycles. The third kappa shape index (κ3) is 4.28. The molecule has 6 nitrogen and oxygen atoms in total. The highest BCUT2D eigenvalue weighted by Crippen LogP contribution is 2.47. The van der Waals surface area contributed by atoms with E-state index in [2.05, 4.69) is 61.7 Å². The first-order valence-corrected chi connectivity index (χ1v) is 11.6. The number of halogens is 1. The monoisotopic (exact) mass is 444 g/mol. The molecule has 2 saturated carbocycles. The predicted molar refractivity (Wildman–Crippen MR) is 127 cm³/mol. The predicted octanol–water partition coefficient (Wildman–Crippen LogP) is 5.48. The van der Waals surface area contributed by atoms with E-state index < -0.39 is 0 Å². The van der Waals surface area contributed by atoms with Gasteiger partial charge in [-0.1, -0.05) is 29.8 Å². The number of rotatable bonds is 8. The molecular weight excluding hydrogens is 420 g/mol. The number of fused-ring (bicyclic) bond motifs is 1. The van der Waals surface area contributed by atoms with Gasteiger partial charge in [0.1, 0.15) is 23.6 Å². The molecule has 3 heterocycles. The summed E-state index contributed by atoms with van der Waals surface area (Å²) in [5.74, 6) is 3.56. The highest BCUT2D eigenvalue weighted by atomic mass is 35.5. The van der Waals surface area contributed by atoms with Gasteiger partial charge in [-0.3, -0.25) is 0 Å². The van der Waals surface area contributed by atoms with E-state index in [1.807, 2.05) is 18.2 Å². The smallest absolute Gasteiger partial charge is 0.137 e. The maximum absolute atomic E-state index is 6.13. The SMILES string of the molecule is Clc1cccc([C@H]2C[C@@H]2CNc2cc(NCc3cn4cc(C5CC5)ccc4n3)ncn2)c1. The molecule has 4 aromatic rings. The van der Waals surface area contributed by atoms with E-state index in [0.717, 1.165) is 40.5 Å². The third-order valence-electron chi connectivity index (χ3n) is 6.44. The van der Waals surface area contributed by atoms with Gasteiger partial charge in [-0.2, -0.15) is 0 Å². The molecule has 2 fully saturated rings. The Morgan fingerprint density at radius 2 is 1.84 bits per heavy atom. The molecule has 3 aromatic heterocycles. The van der Waals surface area contributed by atoms with Crippen LogP contribution in [0.4, 0.5) is 11.6 Å². The quantitative estimate of drug-likeness (QED) is 0.376. The fraction of sp³-hybridized carbons (Fsp3) is 0.320. The van der Waals surface area contributed by atoms with E-state index in [4.69, 9.17) is 16.6 Å². The Bertz CT molecular complexity index is 1260. The highest BCUT2D eigenvalue weighted by molar-refractivity contribution is 6.30. The molecule has 0 bridgehead atoms. The number of hydrogen-bond donors (Lipinski definition) is 2. The van der Waals surface area contributed by atoms with Crippen LogP contribution in [-0.4, -0.2) is 25.9 Å². The van der Waals surface area contributed by atoms with Gasteiger partial charge in [-0.25, -0.2) is 15.0 Å². The normalized spacial score (nSPS) is 19.8. The number of anilines is 2. The van der Waals surface area contributed by atoms with Crippen molar-refractivity contribution in [1.29, 1.82) is 0 Å². The van der Waals surface area contributed by atoms with Gasteiger partial charge in [0.25, 0.3) is 0 Å². The largest absolute Gasteiger partial charge is 0.370 e. The first-order chi connectivity index (χ1) is 15.7. The Kier molecular flexibility index (Phi) is 4.95. The Morgan fingerprint density at radius 3 is 2.69 bits per heavy atom. The summed E-state index contributed by atoms with van der Waals surface area (Å²) in [5.41, 5.74) is 4.71. The van der Waals surface area contributed by atoms with E-state index in [9.17, 15) is 0 Å². The van der Waals surface area contributed by atoms with Crippen LogP contribution >= 0.6 is 11.6 Å². The van der Waals surface area contributed by atoms with E-state index in [1.165, 1.54) is 30.4 Å². The summed E-state index contributed by atoms with van der Waals surface area (Å²) in [7, 11) is 0. The van der Waals surface area contributed by atoms with E-state index in [-0.39, 0.29) is 0 Å². The average Bonchev–Trinajstić information content (AvgIpc) is 3.73. The van der Waals surface area contributed by atoms with Crippen LogP contribution in [0.25, 0.3) is 5.65 Å². The number of nitrogens with zero attached hydrogens (tertiary/aromatic N) is 4. The van der Waals surface area contributed by atoms with Crippen molar-refractivity contribution in [1.82, 2.24) is 19.4 Å². The van der Waals surface area contributed by atoms with E-state index >= 15 is 0 Å². The molecule has 2 atom stereocenters. The second-order valence-corrected chi connectivity index (χ2v) is 9.35. The first kappa shape index (κ1) is 19.6. The number of nitrogens with one attached hydrogen (secondary N) is 2. The van der Waals surface area contributed by atoms with Crippen LogP contribution in [0.1, 0.15) is 47.9 Å². The average molecular weight is 445 g/mol. The summed E-state index contributed by atoms with van der Waals surface area (Å²) in [5, 5.41) is 7.64. The molecule has 0 spiro atoms. The maximum atomic E-state index is 6.13. The molecule has 0 unspecified atom stereocenters. The summed E-state index contributed by atoms with van der Waals surface area (Å²) in [6.07, 6.45) is 9.70. The van der Waals surface area contributed by atoms with Gasteiger partial charge in [0.2, 0.25) is 0 Å². The molecule has 2 aliphatic rings. The van der Waals surface area contributed by atoms with Crippen molar-refractivity contribution < 1.29 is 0 Å². The number of imidazole rings is 1. The van der Waals surface area contributed by atoms with Gasteiger partial charge >= 0.3 is 0 Å². The Morgan fingerprint density at radius 1 is 0.969 bits per heavy atom. The van der Waals surface area contributed by atoms with Gasteiger partial charge in [-0.15, -0.1) is 0 Å². The molecule has 7 heteroatoms. The molecule has 32 heavy (non-hydrogen) atoms. The van der Waals surface area contributed by atoms with Crippen molar-refractivity contribution in [2.75, 3.05) is 17.2 Å². The van der Waals surface area contributed by atoms with Crippen LogP contribution < -0.4 is 10.6 Å². The lowest BCUT2D eigenvalue weighted by Crippen LogP contribution is -2.08. The van der Waals surface area contributed by atoms with Crippen molar-refractivity contribution in [3.8, 4) is 0 Å². The fourth-order valence-electron chi connectivity index (χ4n) is 4.39. The van der Waals surface area contributed by atoms with Crippen LogP contribution in [0.2, 0.25) is 5.02 Å². The second kappa shape index (κ2) is 8.10. The topological polar surface area (TPSA) is 67.1 Å². The van der Waals surface area contributed by atoms with Crippen LogP contribution in [0.3, 0.4) is 0 Å². The van der Waals surface area contributed by atoms with E-state index in [1.54, 1.807) is 6.33 Å². The van der Waals surface area contributed by atoms with Crippen molar-refractivity contribution in [3.63, 3.8) is 0 Å². The number of hydrogen-bond acceptors (Lipinski definition) is 5. The van der Waals surface area contributed by atoms with Crippen molar-refractivity contribution >= 4 is 28.9 Å². The number of aromatic nitrogens is 4. The minimum atomic E-state index is 0.580. The molecule has 1 aromatic carbocycles. The molecule has 162 valence electrons. The van der Waals surface area contributed by atoms with Crippen molar-refractivity contribution in [2.45, 2.75) is 37.6 Å². The molecule has 0 aliphatic heterocycles. The Balaban J connectivity index is 1.05. The Hall–Kier alpha value is -3.12. The van der Waals surface area contributed by atoms with Gasteiger partial charge < -0.3 is 15.0 Å². The summed E-state index contributed by atoms with van der Waals surface area (Å²) in [6.45, 7) is 1.51. The Labute approximate surface area is 192 Å². The lowest BCUT2D eigenvalue weighted by atomic mass is 10.1. The van der Waals surface area contributed by atoms with Crippen molar-refractivity contribution in [3.05, 3.63) is 83.0 Å². The number of pyridine rings is 1. The summed E-state index contributed by atoms with van der Waals surface area (Å²) < 4.78 is 2.13. The highest BCUT2D eigenvalue weighted by Gasteiger charge is 2.38. The summed E-state index contributed by atoms with van der Waals surface area (Å²) in [6, 6.07) is 14.5. The van der Waals surface area contributed by atoms with Crippen LogP contribution in [0.5, 0.6) is 0 Å². The van der Waals surface area contributed by atoms with Crippen LogP contribution in [-0.2, 0) is 6.54 Å². The lowest BCUT2D eigenvalue weighted by Gasteiger charge is -2.08. The molecule has 2 N–H and O–H groups in total. The van der Waals surface area contributed by atoms with E-state index in [0.29, 0.717) is 18.4 Å². The minimum absolute atomic E-state index is 0.580. The molecular formula is C25H25ClN6. The minimum Gasteiger partial charge on any atom is -0.370 e. The van der Waals surface area contributed by atoms with Gasteiger partial charge in [-0.05, 0) is 66.3 Å². The standard InChI is InChI=1S/C25H25ClN6/c26-20-3-1-2-17(8-20)22-9-19(22)11-27-23-10-24(30-15-29-23)28-12-21-14-32-13-18(16-4-5-16)6-7-25(32)31-21/h1-3,6-8,10,13-16,19,22H,4-5,9,11-12H2,(H2,27,28,29,30)/t19-,22-/m1/s1. The molecule has 6 rings (SSSR count). The van der Waals surface area contributed by atoms with Crippen LogP contribution in [0, 0.1) is 5.92 Å². The first-order valence-electron chi connectivity index (χ1n) is 11.2. The van der Waals surface area contributed by atoms with Gasteiger partial charge in [0.05, 0.1) is 12.2 Å². The molecule has 0 radical (unpaired) electrons. The fourth-order valence-corrected chi connectivity index (χ4v) is 4.59. The third-order valence-corrected chi connectivity index (χ3v) is 6.67. The second-order valence-electron chi connectivity index (χ2n) is 8.91. The van der Waals surface area contributed by atoms with Crippen LogP contribution in [0.15, 0.2) is 61.2 Å².